The van der Waals surface area contributed by atoms with Crippen LogP contribution < -0.4 is 10.7 Å². The van der Waals surface area contributed by atoms with Crippen LogP contribution in [-0.2, 0) is 12.8 Å². The first-order chi connectivity index (χ1) is 36.8. The van der Waals surface area contributed by atoms with Gasteiger partial charge in [-0.25, -0.2) is 9.98 Å². The van der Waals surface area contributed by atoms with E-state index < -0.39 is 32.3 Å². The number of aliphatic imine (C=N–C) groups is 2. The minimum absolute atomic E-state index is 0.474. The molecule has 1 aromatic rings. The van der Waals surface area contributed by atoms with E-state index in [9.17, 15) is 0 Å². The highest BCUT2D eigenvalue weighted by Gasteiger charge is 2.46. The Morgan fingerprint density at radius 1 is 0.380 bits per heavy atom. The molecule has 0 saturated heterocycles. The highest BCUT2D eigenvalue weighted by atomic mass is 28.3. The second kappa shape index (κ2) is 27.3. The molecule has 7 heteroatoms. The molecule has 6 bridgehead atoms. The molecule has 436 valence electrons. The van der Waals surface area contributed by atoms with Gasteiger partial charge in [-0.2, -0.15) is 0 Å². The van der Waals surface area contributed by atoms with Crippen LogP contribution in [0.25, 0.3) is 11.6 Å². The summed E-state index contributed by atoms with van der Waals surface area (Å²) in [6.07, 6.45) is 7.75. The maximum absolute atomic E-state index is 6.22. The molecule has 0 fully saturated rings. The Labute approximate surface area is 492 Å². The van der Waals surface area contributed by atoms with Crippen LogP contribution in [0.15, 0.2) is 66.1 Å². The molecule has 0 amide bonds. The second-order valence-electron chi connectivity index (χ2n) is 27.8. The predicted octanol–water partition coefficient (Wildman–Crippen LogP) is 20.5. The van der Waals surface area contributed by atoms with Gasteiger partial charge in [-0.05, 0) is 150 Å². The summed E-state index contributed by atoms with van der Waals surface area (Å²) in [5, 5.41) is 2.34. The number of aromatic nitrogens is 1. The molecule has 0 aliphatic carbocycles. The molecular weight excluding hydrogens is 1020 g/mol. The normalized spacial score (nSPS) is 19.6. The van der Waals surface area contributed by atoms with Crippen LogP contribution in [-0.4, -0.2) is 48.7 Å². The van der Waals surface area contributed by atoms with Crippen LogP contribution in [0, 0.1) is 34.4 Å². The number of allylic oxidation sites excluding steroid dienone is 7. The van der Waals surface area contributed by atoms with Gasteiger partial charge in [-0.3, -0.25) is 0 Å². The van der Waals surface area contributed by atoms with Gasteiger partial charge in [0.2, 0.25) is 0 Å². The van der Waals surface area contributed by atoms with E-state index >= 15 is 0 Å². The number of fused-ring (bicyclic) bond motifs is 4. The molecule has 0 saturated carbocycles. The summed E-state index contributed by atoms with van der Waals surface area (Å²) in [7, 11) is -8.99. The Balaban J connectivity index is 2.81. The van der Waals surface area contributed by atoms with E-state index in [1.807, 2.05) is 0 Å². The van der Waals surface area contributed by atoms with Gasteiger partial charge < -0.3 is 4.98 Å². The molecular formula is C72H117N3Si4. The van der Waals surface area contributed by atoms with Crippen LogP contribution in [0.4, 0.5) is 0 Å². The van der Waals surface area contributed by atoms with Crippen LogP contribution >= 0.6 is 0 Å². The number of hydrogen-bond acceptors (Lipinski definition) is 2. The average Bonchev–Trinajstić information content (AvgIpc) is 4.06. The summed E-state index contributed by atoms with van der Waals surface area (Å²) in [5.41, 5.74) is 38.2. The topological polar surface area (TPSA) is 40.5 Å². The zero-order valence-corrected chi connectivity index (χ0v) is 60.7. The van der Waals surface area contributed by atoms with E-state index in [1.54, 1.807) is 0 Å². The Kier molecular flexibility index (Phi) is 23.6. The van der Waals surface area contributed by atoms with E-state index in [1.165, 1.54) is 44.3 Å². The van der Waals surface area contributed by atoms with Gasteiger partial charge >= 0.3 is 0 Å². The van der Waals surface area contributed by atoms with Gasteiger partial charge in [0, 0.05) is 5.35 Å². The molecule has 0 radical (unpaired) electrons. The third-order valence-electron chi connectivity index (χ3n) is 20.7. The van der Waals surface area contributed by atoms with Crippen molar-refractivity contribution in [3.05, 3.63) is 77.9 Å². The van der Waals surface area contributed by atoms with Gasteiger partial charge in [-0.15, -0.1) is 16.6 Å². The van der Waals surface area contributed by atoms with Gasteiger partial charge in [0.25, 0.3) is 0 Å². The number of rotatable bonds is 19. The minimum Gasteiger partial charge on any atom is -0.354 e. The van der Waals surface area contributed by atoms with Crippen LogP contribution in [0.1, 0.15) is 245 Å². The number of nitrogens with zero attached hydrogens (tertiary/aromatic N) is 2. The summed E-state index contributed by atoms with van der Waals surface area (Å²) >= 11 is 0. The monoisotopic (exact) mass is 1140 g/mol. The van der Waals surface area contributed by atoms with E-state index in [0.717, 1.165) is 83.4 Å². The van der Waals surface area contributed by atoms with Gasteiger partial charge in [0.05, 0.1) is 53.0 Å². The molecule has 3 nitrogen and oxygen atoms in total. The van der Waals surface area contributed by atoms with E-state index in [2.05, 4.69) is 259 Å². The zero-order chi connectivity index (χ0) is 60.2. The minimum atomic E-state index is -2.27. The lowest BCUT2D eigenvalue weighted by atomic mass is 9.90. The van der Waals surface area contributed by atoms with E-state index in [4.69, 9.17) is 9.98 Å². The van der Waals surface area contributed by atoms with Crippen molar-refractivity contribution in [2.75, 3.05) is 0 Å². The SMILES string of the molecule is CCC1=C(CC)/C2=C(\C#C[Si](C(C)C)(C(C)C)C(C)C)C3=N/C(=C(/C#C[Si](C(C)C)(C(C)C)C(C)C)C(=C[Si](C(C)C)(C(C)C)C(C)C)/C=c4\[nH]/c(c(CC)c4CC)=C(/C#C[Si](C(C)C)(C(C)C)C(C)C)C1=N2)C(CC)=C3CC. The van der Waals surface area contributed by atoms with E-state index in [-0.39, 0.29) is 0 Å². The van der Waals surface area contributed by atoms with Crippen LogP contribution in [0.5, 0.6) is 0 Å². The first-order valence-corrected chi connectivity index (χ1v) is 41.2. The van der Waals surface area contributed by atoms with Crippen molar-refractivity contribution in [1.29, 1.82) is 0 Å². The molecule has 1 aromatic heterocycles. The lowest BCUT2D eigenvalue weighted by Crippen LogP contribution is -2.43. The third kappa shape index (κ3) is 12.2. The lowest BCUT2D eigenvalue weighted by molar-refractivity contribution is 0.832. The molecule has 0 atom stereocenters. The molecule has 0 spiro atoms. The molecule has 1 N–H and O–H groups in total. The number of hydrogen-bond donors (Lipinski definition) is 1. The van der Waals surface area contributed by atoms with E-state index in [0.29, 0.717) is 66.5 Å². The summed E-state index contributed by atoms with van der Waals surface area (Å²) < 4.78 is 0. The van der Waals surface area contributed by atoms with Gasteiger partial charge in [0.15, 0.2) is 0 Å². The number of H-pyrrole nitrogens is 1. The Hall–Kier alpha value is -3.39. The first-order valence-electron chi connectivity index (χ1n) is 32.2. The largest absolute Gasteiger partial charge is 0.354 e. The van der Waals surface area contributed by atoms with Crippen LogP contribution in [0.3, 0.4) is 0 Å². The van der Waals surface area contributed by atoms with Crippen molar-refractivity contribution in [2.45, 2.75) is 313 Å². The summed E-state index contributed by atoms with van der Waals surface area (Å²) in [5.74, 6) is 12.7. The third-order valence-corrected chi connectivity index (χ3v) is 46.4. The van der Waals surface area contributed by atoms with Gasteiger partial charge in [0.1, 0.15) is 24.2 Å². The molecule has 0 unspecified atom stereocenters. The first kappa shape index (κ1) is 68.1. The van der Waals surface area contributed by atoms with Gasteiger partial charge in [-0.1, -0.05) is 231 Å². The highest BCUT2D eigenvalue weighted by molar-refractivity contribution is 6.92. The second-order valence-corrected chi connectivity index (χ2v) is 50.3. The maximum Gasteiger partial charge on any atom is 0.146 e. The quantitative estimate of drug-likeness (QED) is 0.106. The fraction of sp³-hybridized carbons (Fsp3) is 0.667. The molecule has 3 aliphatic rings. The zero-order valence-electron chi connectivity index (χ0n) is 56.7. The smallest absolute Gasteiger partial charge is 0.146 e. The molecule has 4 heterocycles. The molecule has 0 aromatic carbocycles. The Morgan fingerprint density at radius 3 is 0.987 bits per heavy atom. The van der Waals surface area contributed by atoms with Crippen molar-refractivity contribution < 1.29 is 0 Å². The summed E-state index contributed by atoms with van der Waals surface area (Å²) in [4.78, 5) is 16.6. The van der Waals surface area contributed by atoms with Crippen molar-refractivity contribution in [2.24, 2.45) is 9.98 Å². The Morgan fingerprint density at radius 2 is 0.684 bits per heavy atom. The number of nitrogens with one attached hydrogen (secondary N) is 1. The fourth-order valence-corrected chi connectivity index (χ4v) is 38.2. The molecule has 79 heavy (non-hydrogen) atoms. The summed E-state index contributed by atoms with van der Waals surface area (Å²) in [6.45, 7) is 73.3. The lowest BCUT2D eigenvalue weighted by Gasteiger charge is -2.41. The summed E-state index contributed by atoms with van der Waals surface area (Å²) in [6, 6.07) is 0. The maximum atomic E-state index is 6.22. The fourth-order valence-electron chi connectivity index (χ4n) is 16.8. The highest BCUT2D eigenvalue weighted by Crippen LogP contribution is 2.48. The standard InChI is InChI=1S/C72H117N3Si4/c1-31-58-59(32-2)69-65(38-41-77(48(13)14,49(15)16)50(17)18)70-62(35-5)63(36-6)72(75-70)66(39-42-78(51(19)20,52(21)22)53(23)24)71-61(34-4)60(33-3)68(74-71)64(37-40-76(45(7)8,46(9)10)47(11)12)57(43-67(58)73-69)44-79(54(25)26,55(27)28)56(29)30/h43-56,73H,31-36H2,1-30H3/b57-44?,67-43-,68-64-,69-65-,72-66-. The van der Waals surface area contributed by atoms with Crippen molar-refractivity contribution in [3.8, 4) is 34.4 Å². The molecule has 3 aliphatic heterocycles. The average molecular weight is 1140 g/mol. The van der Waals surface area contributed by atoms with Crippen molar-refractivity contribution in [1.82, 2.24) is 4.98 Å². The van der Waals surface area contributed by atoms with Crippen LogP contribution in [0.2, 0.25) is 66.5 Å². The van der Waals surface area contributed by atoms with Crippen molar-refractivity contribution in [3.63, 3.8) is 0 Å². The molecule has 4 rings (SSSR count). The predicted molar refractivity (Wildman–Crippen MR) is 366 cm³/mol. The Bertz CT molecular complexity index is 2870. The number of aromatic amines is 1. The van der Waals surface area contributed by atoms with Crippen molar-refractivity contribution >= 4 is 55.4 Å².